The zero-order valence-electron chi connectivity index (χ0n) is 10.7. The van der Waals surface area contributed by atoms with Crippen LogP contribution >= 0.6 is 0 Å². The zero-order valence-corrected chi connectivity index (χ0v) is 10.7. The summed E-state index contributed by atoms with van der Waals surface area (Å²) in [5, 5.41) is 0. The van der Waals surface area contributed by atoms with Gasteiger partial charge >= 0.3 is 12.4 Å². The van der Waals surface area contributed by atoms with Gasteiger partial charge in [-0.3, -0.25) is 0 Å². The SMILES string of the molecule is FC(C=CCOCC=CC(F)CC(F)(F)F)CC(F)(F)F. The molecule has 0 amide bonds. The van der Waals surface area contributed by atoms with E-state index in [0.29, 0.717) is 12.2 Å². The van der Waals surface area contributed by atoms with E-state index in [9.17, 15) is 35.1 Å². The molecule has 0 spiro atoms. The maximum atomic E-state index is 12.7. The van der Waals surface area contributed by atoms with Crippen molar-refractivity contribution in [2.24, 2.45) is 0 Å². The Morgan fingerprint density at radius 1 is 0.714 bits per heavy atom. The molecule has 0 aliphatic carbocycles. The second kappa shape index (κ2) is 9.01. The van der Waals surface area contributed by atoms with Gasteiger partial charge in [0.25, 0.3) is 0 Å². The third-order valence-corrected chi connectivity index (χ3v) is 1.97. The molecular weight excluding hydrogens is 312 g/mol. The van der Waals surface area contributed by atoms with Crippen molar-refractivity contribution in [3.63, 3.8) is 0 Å². The highest BCUT2D eigenvalue weighted by Crippen LogP contribution is 2.24. The number of ether oxygens (including phenoxy) is 1. The lowest BCUT2D eigenvalue weighted by atomic mass is 10.2. The number of hydrogen-bond donors (Lipinski definition) is 0. The average molecular weight is 326 g/mol. The number of alkyl halides is 8. The smallest absolute Gasteiger partial charge is 0.373 e. The van der Waals surface area contributed by atoms with Crippen molar-refractivity contribution in [3.05, 3.63) is 24.3 Å². The molecule has 21 heavy (non-hydrogen) atoms. The summed E-state index contributed by atoms with van der Waals surface area (Å²) in [6, 6.07) is 0. The fourth-order valence-electron chi connectivity index (χ4n) is 1.19. The third-order valence-electron chi connectivity index (χ3n) is 1.97. The molecule has 0 radical (unpaired) electrons. The lowest BCUT2D eigenvalue weighted by molar-refractivity contribution is -0.143. The van der Waals surface area contributed by atoms with Crippen LogP contribution in [0.25, 0.3) is 0 Å². The molecule has 0 aliphatic heterocycles. The first-order valence-electron chi connectivity index (χ1n) is 5.82. The highest BCUT2D eigenvalue weighted by atomic mass is 19.4. The predicted octanol–water partition coefficient (Wildman–Crippen LogP) is 4.70. The summed E-state index contributed by atoms with van der Waals surface area (Å²) < 4.78 is 101. The Kier molecular flexibility index (Phi) is 8.53. The third kappa shape index (κ3) is 15.1. The summed E-state index contributed by atoms with van der Waals surface area (Å²) in [6.07, 6.45) is -13.5. The minimum absolute atomic E-state index is 0.237. The first-order valence-corrected chi connectivity index (χ1v) is 5.82. The van der Waals surface area contributed by atoms with Gasteiger partial charge in [-0.05, 0) is 0 Å². The molecular formula is C12H14F8O. The van der Waals surface area contributed by atoms with Gasteiger partial charge in [0.2, 0.25) is 0 Å². The molecule has 0 heterocycles. The van der Waals surface area contributed by atoms with Crippen molar-refractivity contribution in [2.45, 2.75) is 37.5 Å². The monoisotopic (exact) mass is 326 g/mol. The van der Waals surface area contributed by atoms with E-state index in [0.717, 1.165) is 12.2 Å². The second-order valence-electron chi connectivity index (χ2n) is 4.06. The van der Waals surface area contributed by atoms with Crippen molar-refractivity contribution in [3.8, 4) is 0 Å². The summed E-state index contributed by atoms with van der Waals surface area (Å²) in [5.74, 6) is 0. The van der Waals surface area contributed by atoms with Crippen molar-refractivity contribution in [1.29, 1.82) is 0 Å². The van der Waals surface area contributed by atoms with E-state index >= 15 is 0 Å². The van der Waals surface area contributed by atoms with Gasteiger partial charge in [0, 0.05) is 0 Å². The van der Waals surface area contributed by atoms with Crippen LogP contribution in [-0.2, 0) is 4.74 Å². The van der Waals surface area contributed by atoms with E-state index in [1.165, 1.54) is 0 Å². The van der Waals surface area contributed by atoms with Gasteiger partial charge in [-0.25, -0.2) is 8.78 Å². The Bertz CT molecular complexity index is 299. The van der Waals surface area contributed by atoms with Crippen LogP contribution in [0, 0.1) is 0 Å². The second-order valence-corrected chi connectivity index (χ2v) is 4.06. The van der Waals surface area contributed by atoms with E-state index in [1.807, 2.05) is 0 Å². The summed E-state index contributed by atoms with van der Waals surface area (Å²) in [5.41, 5.74) is 0. The van der Waals surface area contributed by atoms with Crippen LogP contribution < -0.4 is 0 Å². The molecule has 0 fully saturated rings. The molecule has 0 bridgehead atoms. The normalized spacial score (nSPS) is 16.8. The van der Waals surface area contributed by atoms with Crippen molar-refractivity contribution in [1.82, 2.24) is 0 Å². The molecule has 0 rings (SSSR count). The molecule has 0 aromatic heterocycles. The fraction of sp³-hybridized carbons (Fsp3) is 0.667. The quantitative estimate of drug-likeness (QED) is 0.357. The molecule has 124 valence electrons. The maximum absolute atomic E-state index is 12.7. The Labute approximate surface area is 116 Å². The van der Waals surface area contributed by atoms with Crippen LogP contribution in [0.4, 0.5) is 35.1 Å². The molecule has 0 N–H and O–H groups in total. The molecule has 0 saturated carbocycles. The largest absolute Gasteiger partial charge is 0.392 e. The first-order chi connectivity index (χ1) is 9.49. The van der Waals surface area contributed by atoms with Gasteiger partial charge in [-0.1, -0.05) is 24.3 Å². The van der Waals surface area contributed by atoms with E-state index < -0.39 is 37.5 Å². The predicted molar refractivity (Wildman–Crippen MR) is 60.2 cm³/mol. The molecule has 0 aromatic rings. The van der Waals surface area contributed by atoms with Crippen LogP contribution in [0.2, 0.25) is 0 Å². The van der Waals surface area contributed by atoms with E-state index in [-0.39, 0.29) is 13.2 Å². The lowest BCUT2D eigenvalue weighted by Gasteiger charge is -2.07. The summed E-state index contributed by atoms with van der Waals surface area (Å²) in [4.78, 5) is 0. The molecule has 0 aliphatic rings. The van der Waals surface area contributed by atoms with Crippen LogP contribution in [0.1, 0.15) is 12.8 Å². The molecule has 1 nitrogen and oxygen atoms in total. The van der Waals surface area contributed by atoms with Gasteiger partial charge in [-0.2, -0.15) is 26.3 Å². The molecule has 2 unspecified atom stereocenters. The Hall–Kier alpha value is -1.12. The standard InChI is InChI=1S/C12H14F8O/c13-9(7-11(15,16)17)3-1-5-21-6-2-4-10(14)8-12(18,19)20/h1-4,9-10H,5-8H2. The Morgan fingerprint density at radius 3 is 1.33 bits per heavy atom. The van der Waals surface area contributed by atoms with Gasteiger partial charge < -0.3 is 4.74 Å². The van der Waals surface area contributed by atoms with E-state index in [4.69, 9.17) is 4.74 Å². The van der Waals surface area contributed by atoms with E-state index in [1.54, 1.807) is 0 Å². The number of halogens is 8. The molecule has 9 heteroatoms. The average Bonchev–Trinajstić information content (AvgIpc) is 2.22. The van der Waals surface area contributed by atoms with Crippen LogP contribution in [0.5, 0.6) is 0 Å². The van der Waals surface area contributed by atoms with Gasteiger partial charge in [0.1, 0.15) is 12.3 Å². The molecule has 2 atom stereocenters. The number of allylic oxidation sites excluding steroid dienone is 2. The van der Waals surface area contributed by atoms with Crippen molar-refractivity contribution < 1.29 is 39.9 Å². The number of rotatable bonds is 8. The zero-order chi connectivity index (χ0) is 16.5. The number of hydrogen-bond acceptors (Lipinski definition) is 1. The molecule has 0 saturated heterocycles. The highest BCUT2D eigenvalue weighted by Gasteiger charge is 2.31. The van der Waals surface area contributed by atoms with Crippen LogP contribution in [0.15, 0.2) is 24.3 Å². The van der Waals surface area contributed by atoms with Gasteiger partial charge in [0.15, 0.2) is 0 Å². The minimum atomic E-state index is -4.61. The minimum Gasteiger partial charge on any atom is -0.373 e. The van der Waals surface area contributed by atoms with Crippen LogP contribution in [-0.4, -0.2) is 37.9 Å². The first kappa shape index (κ1) is 19.9. The summed E-state index contributed by atoms with van der Waals surface area (Å²) in [6.45, 7) is -0.475. The summed E-state index contributed by atoms with van der Waals surface area (Å²) >= 11 is 0. The van der Waals surface area contributed by atoms with E-state index in [2.05, 4.69) is 0 Å². The Balaban J connectivity index is 3.77. The van der Waals surface area contributed by atoms with Gasteiger partial charge in [0.05, 0.1) is 26.1 Å². The van der Waals surface area contributed by atoms with Gasteiger partial charge in [-0.15, -0.1) is 0 Å². The Morgan fingerprint density at radius 2 is 1.05 bits per heavy atom. The van der Waals surface area contributed by atoms with Crippen LogP contribution in [0.3, 0.4) is 0 Å². The topological polar surface area (TPSA) is 9.23 Å². The fourth-order valence-corrected chi connectivity index (χ4v) is 1.19. The molecule has 0 aromatic carbocycles. The van der Waals surface area contributed by atoms with Crippen molar-refractivity contribution in [2.75, 3.05) is 13.2 Å². The highest BCUT2D eigenvalue weighted by molar-refractivity contribution is 4.92. The maximum Gasteiger partial charge on any atom is 0.392 e. The lowest BCUT2D eigenvalue weighted by Crippen LogP contribution is -2.14. The summed E-state index contributed by atoms with van der Waals surface area (Å²) in [7, 11) is 0. The van der Waals surface area contributed by atoms with Crippen molar-refractivity contribution >= 4 is 0 Å².